The van der Waals surface area contributed by atoms with E-state index in [0.29, 0.717) is 10.6 Å². The topological polar surface area (TPSA) is 102 Å². The molecule has 7 nitrogen and oxygen atoms in total. The van der Waals surface area contributed by atoms with Crippen molar-refractivity contribution in [2.24, 2.45) is 0 Å². The van der Waals surface area contributed by atoms with Gasteiger partial charge in [-0.3, -0.25) is 4.79 Å². The number of hydrogen-bond acceptors (Lipinski definition) is 5. The van der Waals surface area contributed by atoms with Crippen molar-refractivity contribution in [3.8, 4) is 0 Å². The summed E-state index contributed by atoms with van der Waals surface area (Å²) in [4.78, 5) is 24.5. The van der Waals surface area contributed by atoms with Crippen molar-refractivity contribution in [3.05, 3.63) is 70.5 Å². The predicted molar refractivity (Wildman–Crippen MR) is 115 cm³/mol. The van der Waals surface area contributed by atoms with Crippen LogP contribution in [-0.2, 0) is 19.6 Å². The minimum atomic E-state index is -4.19. The van der Waals surface area contributed by atoms with Crippen molar-refractivity contribution in [3.63, 3.8) is 0 Å². The third-order valence-corrected chi connectivity index (χ3v) is 5.27. The van der Waals surface area contributed by atoms with Crippen LogP contribution < -0.4 is 10.0 Å². The van der Waals surface area contributed by atoms with Gasteiger partial charge < -0.3 is 10.1 Å². The highest BCUT2D eigenvalue weighted by atomic mass is 35.5. The van der Waals surface area contributed by atoms with Crippen LogP contribution >= 0.6 is 11.6 Å². The molecule has 0 saturated carbocycles. The maximum absolute atomic E-state index is 13.2. The van der Waals surface area contributed by atoms with Gasteiger partial charge in [-0.05, 0) is 68.8 Å². The Balaban J connectivity index is 2.25. The van der Waals surface area contributed by atoms with E-state index in [1.165, 1.54) is 54.6 Å². The quantitative estimate of drug-likeness (QED) is 0.626. The third kappa shape index (κ3) is 8.03. The summed E-state index contributed by atoms with van der Waals surface area (Å²) in [7, 11) is -4.19. The summed E-state index contributed by atoms with van der Waals surface area (Å²) in [5.74, 6) is -1.43. The first-order chi connectivity index (χ1) is 14.4. The molecule has 0 unspecified atom stereocenters. The zero-order valence-electron chi connectivity index (χ0n) is 17.1. The molecular formula is C21H22ClFN2O5S. The molecule has 31 heavy (non-hydrogen) atoms. The third-order valence-electron chi connectivity index (χ3n) is 3.68. The molecule has 0 saturated heterocycles. The van der Waals surface area contributed by atoms with Gasteiger partial charge in [0.25, 0.3) is 15.9 Å². The first-order valence-electron chi connectivity index (χ1n) is 9.11. The van der Waals surface area contributed by atoms with E-state index < -0.39 is 33.4 Å². The van der Waals surface area contributed by atoms with Crippen molar-refractivity contribution < 1.29 is 27.1 Å². The zero-order valence-corrected chi connectivity index (χ0v) is 18.7. The summed E-state index contributed by atoms with van der Waals surface area (Å²) in [6.07, 6.45) is 0.551. The van der Waals surface area contributed by atoms with E-state index in [4.69, 9.17) is 16.3 Å². The van der Waals surface area contributed by atoms with Gasteiger partial charge in [0.05, 0.1) is 11.4 Å². The molecular weight excluding hydrogens is 447 g/mol. The highest BCUT2D eigenvalue weighted by molar-refractivity contribution is 7.90. The summed E-state index contributed by atoms with van der Waals surface area (Å²) in [6, 6.07) is 10.4. The Morgan fingerprint density at radius 3 is 2.19 bits per heavy atom. The Hall–Kier alpha value is -2.91. The minimum Gasteiger partial charge on any atom is -0.444 e. The van der Waals surface area contributed by atoms with Gasteiger partial charge in [-0.15, -0.1) is 0 Å². The first kappa shape index (κ1) is 24.4. The lowest BCUT2D eigenvalue weighted by Gasteiger charge is -2.20. The van der Waals surface area contributed by atoms with Crippen LogP contribution in [0, 0.1) is 5.82 Å². The van der Waals surface area contributed by atoms with Gasteiger partial charge in [-0.1, -0.05) is 23.7 Å². The van der Waals surface area contributed by atoms with Gasteiger partial charge in [0, 0.05) is 10.6 Å². The zero-order chi connectivity index (χ0) is 23.2. The molecule has 2 aromatic rings. The summed E-state index contributed by atoms with van der Waals surface area (Å²) >= 11 is 5.77. The van der Waals surface area contributed by atoms with E-state index in [0.717, 1.165) is 0 Å². The SMILES string of the molecule is CC(C)(C)OC(=O)NCC(=Cc1ccc(F)cc1)C(=O)NS(=O)(=O)c1ccc(Cl)cc1. The van der Waals surface area contributed by atoms with E-state index in [1.54, 1.807) is 20.8 Å². The molecule has 0 aliphatic carbocycles. The number of hydrogen-bond donors (Lipinski definition) is 2. The van der Waals surface area contributed by atoms with Crippen LogP contribution in [0.2, 0.25) is 5.02 Å². The smallest absolute Gasteiger partial charge is 0.407 e. The highest BCUT2D eigenvalue weighted by Gasteiger charge is 2.22. The standard InChI is InChI=1S/C21H22ClFN2O5S/c1-21(2,3)30-20(27)24-13-15(12-14-4-8-17(23)9-5-14)19(26)25-31(28,29)18-10-6-16(22)7-11-18/h4-12H,13H2,1-3H3,(H,24,27)(H,25,26). The van der Waals surface area contributed by atoms with Crippen LogP contribution in [-0.4, -0.2) is 32.6 Å². The Labute approximate surface area is 185 Å². The molecule has 0 atom stereocenters. The van der Waals surface area contributed by atoms with Gasteiger partial charge in [0.2, 0.25) is 0 Å². The van der Waals surface area contributed by atoms with Crippen molar-refractivity contribution >= 4 is 39.7 Å². The average molecular weight is 469 g/mol. The molecule has 166 valence electrons. The molecule has 0 heterocycles. The summed E-state index contributed by atoms with van der Waals surface area (Å²) in [5, 5.41) is 2.75. The van der Waals surface area contributed by atoms with Crippen LogP contribution in [0.15, 0.2) is 59.0 Å². The van der Waals surface area contributed by atoms with Crippen LogP contribution in [0.5, 0.6) is 0 Å². The first-order valence-corrected chi connectivity index (χ1v) is 11.0. The van der Waals surface area contributed by atoms with Crippen molar-refractivity contribution in [1.29, 1.82) is 0 Å². The molecule has 2 amide bonds. The lowest BCUT2D eigenvalue weighted by atomic mass is 10.1. The second kappa shape index (κ2) is 9.93. The van der Waals surface area contributed by atoms with E-state index in [2.05, 4.69) is 5.32 Å². The molecule has 10 heteroatoms. The number of amides is 2. The monoisotopic (exact) mass is 468 g/mol. The van der Waals surface area contributed by atoms with E-state index in [-0.39, 0.29) is 17.0 Å². The van der Waals surface area contributed by atoms with Gasteiger partial charge in [-0.25, -0.2) is 22.3 Å². The average Bonchev–Trinajstić information content (AvgIpc) is 2.65. The molecule has 0 fully saturated rings. The molecule has 2 N–H and O–H groups in total. The molecule has 2 rings (SSSR count). The molecule has 0 bridgehead atoms. The molecule has 0 aromatic heterocycles. The van der Waals surface area contributed by atoms with Gasteiger partial charge in [-0.2, -0.15) is 0 Å². The van der Waals surface area contributed by atoms with Gasteiger partial charge in [0.1, 0.15) is 11.4 Å². The fraction of sp³-hybridized carbons (Fsp3) is 0.238. The fourth-order valence-corrected chi connectivity index (χ4v) is 3.41. The largest absolute Gasteiger partial charge is 0.444 e. The molecule has 0 aliphatic rings. The summed E-state index contributed by atoms with van der Waals surface area (Å²) in [5.41, 5.74) is -0.415. The number of carbonyl (C=O) groups is 2. The van der Waals surface area contributed by atoms with Crippen molar-refractivity contribution in [2.75, 3.05) is 6.54 Å². The lowest BCUT2D eigenvalue weighted by molar-refractivity contribution is -0.115. The molecule has 2 aromatic carbocycles. The van der Waals surface area contributed by atoms with E-state index in [9.17, 15) is 22.4 Å². The van der Waals surface area contributed by atoms with Crippen LogP contribution in [0.3, 0.4) is 0 Å². The molecule has 0 spiro atoms. The van der Waals surface area contributed by atoms with Crippen LogP contribution in [0.1, 0.15) is 26.3 Å². The van der Waals surface area contributed by atoms with Crippen molar-refractivity contribution in [2.45, 2.75) is 31.3 Å². The fourth-order valence-electron chi connectivity index (χ4n) is 2.30. The number of halogens is 2. The summed E-state index contributed by atoms with van der Waals surface area (Å²) < 4.78 is 45.3. The summed E-state index contributed by atoms with van der Waals surface area (Å²) in [6.45, 7) is 4.70. The number of carbonyl (C=O) groups excluding carboxylic acids is 2. The number of ether oxygens (including phenoxy) is 1. The van der Waals surface area contributed by atoms with Crippen LogP contribution in [0.25, 0.3) is 6.08 Å². The second-order valence-electron chi connectivity index (χ2n) is 7.47. The van der Waals surface area contributed by atoms with Gasteiger partial charge >= 0.3 is 6.09 Å². The van der Waals surface area contributed by atoms with Crippen molar-refractivity contribution in [1.82, 2.24) is 10.0 Å². The Kier molecular flexibility index (Phi) is 7.80. The Bertz CT molecular complexity index is 1080. The lowest BCUT2D eigenvalue weighted by Crippen LogP contribution is -2.38. The Morgan fingerprint density at radius 1 is 1.06 bits per heavy atom. The van der Waals surface area contributed by atoms with Crippen LogP contribution in [0.4, 0.5) is 9.18 Å². The number of rotatable bonds is 6. The molecule has 0 radical (unpaired) electrons. The van der Waals surface area contributed by atoms with E-state index >= 15 is 0 Å². The molecule has 0 aliphatic heterocycles. The predicted octanol–water partition coefficient (Wildman–Crippen LogP) is 3.89. The van der Waals surface area contributed by atoms with Gasteiger partial charge in [0.15, 0.2) is 0 Å². The minimum absolute atomic E-state index is 0.0880. The number of alkyl carbamates (subject to hydrolysis) is 1. The van der Waals surface area contributed by atoms with E-state index in [1.807, 2.05) is 4.72 Å². The second-order valence-corrected chi connectivity index (χ2v) is 9.58. The number of nitrogens with one attached hydrogen (secondary N) is 2. The normalized spacial score (nSPS) is 12.2. The highest BCUT2D eigenvalue weighted by Crippen LogP contribution is 2.15. The maximum atomic E-state index is 13.2. The maximum Gasteiger partial charge on any atom is 0.407 e. The number of sulfonamides is 1. The Morgan fingerprint density at radius 2 is 1.65 bits per heavy atom. The number of benzene rings is 2.